The first kappa shape index (κ1) is 10.5. The fourth-order valence-corrected chi connectivity index (χ4v) is 1.36. The zero-order valence-corrected chi connectivity index (χ0v) is 8.11. The van der Waals surface area contributed by atoms with Gasteiger partial charge in [0.15, 0.2) is 0 Å². The molecule has 0 aliphatic rings. The highest BCUT2D eigenvalue weighted by atomic mass is 16.4. The van der Waals surface area contributed by atoms with E-state index < -0.39 is 12.0 Å². The first-order valence-corrected chi connectivity index (χ1v) is 4.26. The number of carbonyl (C=O) groups is 1. The van der Waals surface area contributed by atoms with Gasteiger partial charge in [-0.3, -0.25) is 0 Å². The molecule has 14 heavy (non-hydrogen) atoms. The number of nitrogens with two attached hydrogens (primary N) is 1. The van der Waals surface area contributed by atoms with Crippen molar-refractivity contribution in [2.45, 2.75) is 19.9 Å². The van der Waals surface area contributed by atoms with Crippen LogP contribution in [0.5, 0.6) is 5.75 Å². The van der Waals surface area contributed by atoms with Gasteiger partial charge in [-0.1, -0.05) is 6.07 Å². The number of hydrogen-bond acceptors (Lipinski definition) is 3. The molecule has 0 fully saturated rings. The molecule has 1 rings (SSSR count). The van der Waals surface area contributed by atoms with E-state index in [1.54, 1.807) is 19.9 Å². The smallest absolute Gasteiger partial charge is 0.336 e. The summed E-state index contributed by atoms with van der Waals surface area (Å²) < 4.78 is 0. The minimum atomic E-state index is -1.08. The second kappa shape index (κ2) is 3.67. The Morgan fingerprint density at radius 2 is 2.07 bits per heavy atom. The average molecular weight is 195 g/mol. The van der Waals surface area contributed by atoms with Crippen molar-refractivity contribution < 1.29 is 15.0 Å². The molecule has 1 aromatic rings. The summed E-state index contributed by atoms with van der Waals surface area (Å²) in [6.07, 6.45) is 0. The second-order valence-electron chi connectivity index (χ2n) is 3.29. The van der Waals surface area contributed by atoms with Gasteiger partial charge in [-0.25, -0.2) is 4.79 Å². The number of carboxylic acids is 1. The van der Waals surface area contributed by atoms with Gasteiger partial charge in [0.25, 0.3) is 0 Å². The van der Waals surface area contributed by atoms with Crippen LogP contribution in [0.1, 0.15) is 34.5 Å². The number of rotatable bonds is 2. The van der Waals surface area contributed by atoms with Gasteiger partial charge in [0.1, 0.15) is 5.75 Å². The third kappa shape index (κ3) is 1.70. The third-order valence-corrected chi connectivity index (χ3v) is 2.10. The van der Waals surface area contributed by atoms with Crippen LogP contribution in [0.25, 0.3) is 0 Å². The minimum Gasteiger partial charge on any atom is -0.507 e. The van der Waals surface area contributed by atoms with E-state index in [1.807, 2.05) is 0 Å². The van der Waals surface area contributed by atoms with Crippen molar-refractivity contribution in [1.82, 2.24) is 0 Å². The van der Waals surface area contributed by atoms with Gasteiger partial charge in [-0.05, 0) is 25.5 Å². The molecule has 0 amide bonds. The number of phenolic OH excluding ortho intramolecular Hbond substituents is 1. The Hall–Kier alpha value is -1.55. The van der Waals surface area contributed by atoms with Crippen LogP contribution in [0.3, 0.4) is 0 Å². The highest BCUT2D eigenvalue weighted by Crippen LogP contribution is 2.29. The van der Waals surface area contributed by atoms with Crippen LogP contribution in [-0.2, 0) is 0 Å². The normalized spacial score (nSPS) is 12.5. The van der Waals surface area contributed by atoms with Crippen molar-refractivity contribution in [2.24, 2.45) is 5.73 Å². The lowest BCUT2D eigenvalue weighted by Gasteiger charge is -2.13. The number of aromatic hydroxyl groups is 1. The lowest BCUT2D eigenvalue weighted by Crippen LogP contribution is -2.12. The molecule has 0 unspecified atom stereocenters. The SMILES string of the molecule is Cc1ccc(C(=O)O)c([C@@H](C)N)c1O. The van der Waals surface area contributed by atoms with Crippen molar-refractivity contribution in [3.05, 3.63) is 28.8 Å². The van der Waals surface area contributed by atoms with Gasteiger partial charge in [0.2, 0.25) is 0 Å². The van der Waals surface area contributed by atoms with Crippen molar-refractivity contribution >= 4 is 5.97 Å². The Kier molecular flexibility index (Phi) is 2.76. The molecule has 0 aliphatic carbocycles. The molecule has 0 radical (unpaired) electrons. The first-order valence-electron chi connectivity index (χ1n) is 4.26. The molecule has 1 atom stereocenters. The van der Waals surface area contributed by atoms with Gasteiger partial charge < -0.3 is 15.9 Å². The van der Waals surface area contributed by atoms with Gasteiger partial charge in [-0.15, -0.1) is 0 Å². The Bertz CT molecular complexity index is 372. The lowest BCUT2D eigenvalue weighted by atomic mass is 9.98. The molecule has 0 saturated carbocycles. The van der Waals surface area contributed by atoms with E-state index in [0.717, 1.165) is 0 Å². The molecule has 0 heterocycles. The molecule has 4 heteroatoms. The highest BCUT2D eigenvalue weighted by molar-refractivity contribution is 5.90. The number of phenols is 1. The maximum atomic E-state index is 10.8. The number of benzene rings is 1. The molecule has 0 aromatic heterocycles. The lowest BCUT2D eigenvalue weighted by molar-refractivity contribution is 0.0694. The topological polar surface area (TPSA) is 83.5 Å². The van der Waals surface area contributed by atoms with Crippen molar-refractivity contribution in [1.29, 1.82) is 0 Å². The summed E-state index contributed by atoms with van der Waals surface area (Å²) in [5, 5.41) is 18.5. The minimum absolute atomic E-state index is 0.0279. The number of aromatic carboxylic acids is 1. The van der Waals surface area contributed by atoms with Gasteiger partial charge >= 0.3 is 5.97 Å². The molecule has 0 saturated heterocycles. The van der Waals surface area contributed by atoms with Crippen LogP contribution in [0, 0.1) is 6.92 Å². The molecule has 4 nitrogen and oxygen atoms in total. The Labute approximate surface area is 82.0 Å². The summed E-state index contributed by atoms with van der Waals surface area (Å²) in [5.41, 5.74) is 6.57. The molecule has 0 bridgehead atoms. The molecule has 4 N–H and O–H groups in total. The standard InChI is InChI=1S/C10H13NO3/c1-5-3-4-7(10(13)14)8(6(2)11)9(5)12/h3-4,6,12H,11H2,1-2H3,(H,13,14)/t6-/m1/s1. The summed E-state index contributed by atoms with van der Waals surface area (Å²) in [6.45, 7) is 3.34. The number of aryl methyl sites for hydroxylation is 1. The van der Waals surface area contributed by atoms with Crippen LogP contribution in [0.2, 0.25) is 0 Å². The van der Waals surface area contributed by atoms with E-state index in [1.165, 1.54) is 6.07 Å². The predicted octanol–water partition coefficient (Wildman–Crippen LogP) is 1.42. The first-order chi connectivity index (χ1) is 6.45. The van der Waals surface area contributed by atoms with Crippen LogP contribution in [0.15, 0.2) is 12.1 Å². The maximum absolute atomic E-state index is 10.8. The van der Waals surface area contributed by atoms with Crippen LogP contribution >= 0.6 is 0 Å². The zero-order valence-electron chi connectivity index (χ0n) is 8.11. The molecule has 0 aliphatic heterocycles. The van der Waals surface area contributed by atoms with E-state index in [0.29, 0.717) is 5.56 Å². The summed E-state index contributed by atoms with van der Waals surface area (Å²) in [4.78, 5) is 10.8. The van der Waals surface area contributed by atoms with E-state index in [-0.39, 0.29) is 16.9 Å². The van der Waals surface area contributed by atoms with Crippen LogP contribution in [-0.4, -0.2) is 16.2 Å². The van der Waals surface area contributed by atoms with Crippen LogP contribution in [0.4, 0.5) is 0 Å². The Morgan fingerprint density at radius 1 is 1.50 bits per heavy atom. The molecule has 0 spiro atoms. The Balaban J connectivity index is 3.45. The Morgan fingerprint density at radius 3 is 2.50 bits per heavy atom. The van der Waals surface area contributed by atoms with E-state index in [2.05, 4.69) is 0 Å². The summed E-state index contributed by atoms with van der Waals surface area (Å²) >= 11 is 0. The molecule has 1 aromatic carbocycles. The summed E-state index contributed by atoms with van der Waals surface area (Å²) in [6, 6.07) is 2.52. The van der Waals surface area contributed by atoms with Crippen molar-refractivity contribution in [2.75, 3.05) is 0 Å². The molecular formula is C10H13NO3. The fourth-order valence-electron chi connectivity index (χ4n) is 1.36. The summed E-state index contributed by atoms with van der Waals surface area (Å²) in [7, 11) is 0. The highest BCUT2D eigenvalue weighted by Gasteiger charge is 2.18. The van der Waals surface area contributed by atoms with Gasteiger partial charge in [-0.2, -0.15) is 0 Å². The maximum Gasteiger partial charge on any atom is 0.336 e. The van der Waals surface area contributed by atoms with Gasteiger partial charge in [0.05, 0.1) is 5.56 Å². The van der Waals surface area contributed by atoms with Crippen molar-refractivity contribution in [3.8, 4) is 5.75 Å². The van der Waals surface area contributed by atoms with Crippen molar-refractivity contribution in [3.63, 3.8) is 0 Å². The molecule has 76 valence electrons. The number of hydrogen-bond donors (Lipinski definition) is 3. The second-order valence-corrected chi connectivity index (χ2v) is 3.29. The molecular weight excluding hydrogens is 182 g/mol. The third-order valence-electron chi connectivity index (χ3n) is 2.10. The predicted molar refractivity (Wildman–Crippen MR) is 52.4 cm³/mol. The number of carboxylic acid groups (broad SMARTS) is 1. The average Bonchev–Trinajstić information content (AvgIpc) is 2.08. The monoisotopic (exact) mass is 195 g/mol. The van der Waals surface area contributed by atoms with E-state index in [9.17, 15) is 9.90 Å². The van der Waals surface area contributed by atoms with Gasteiger partial charge in [0, 0.05) is 11.6 Å². The van der Waals surface area contributed by atoms with E-state index in [4.69, 9.17) is 10.8 Å². The largest absolute Gasteiger partial charge is 0.507 e. The quantitative estimate of drug-likeness (QED) is 0.666. The zero-order chi connectivity index (χ0) is 10.9. The van der Waals surface area contributed by atoms with E-state index >= 15 is 0 Å². The summed E-state index contributed by atoms with van der Waals surface area (Å²) in [5.74, 6) is -1.10. The van der Waals surface area contributed by atoms with Crippen LogP contribution < -0.4 is 5.73 Å². The fraction of sp³-hybridized carbons (Fsp3) is 0.300.